The third-order valence-corrected chi connectivity index (χ3v) is 3.38. The summed E-state index contributed by atoms with van der Waals surface area (Å²) in [5, 5.41) is 9.02. The second-order valence-corrected chi connectivity index (χ2v) is 5.23. The van der Waals surface area contributed by atoms with Crippen molar-refractivity contribution in [3.63, 3.8) is 0 Å². The number of nitrogens with zero attached hydrogens (tertiary/aromatic N) is 2. The quantitative estimate of drug-likeness (QED) is 0.848. The number of amides is 1. The van der Waals surface area contributed by atoms with E-state index in [2.05, 4.69) is 12.1 Å². The zero-order valence-electron chi connectivity index (χ0n) is 12.5. The minimum absolute atomic E-state index is 0.0609. The predicted octanol–water partition coefficient (Wildman–Crippen LogP) is 1.82. The van der Waals surface area contributed by atoms with E-state index in [1.54, 1.807) is 4.90 Å². The van der Waals surface area contributed by atoms with Crippen molar-refractivity contribution < 1.29 is 14.3 Å². The smallest absolute Gasteiger partial charge is 0.227 e. The Kier molecular flexibility index (Phi) is 5.18. The Morgan fingerprint density at radius 1 is 1.43 bits per heavy atom. The first kappa shape index (κ1) is 15.3. The molecule has 0 aromatic heterocycles. The second-order valence-electron chi connectivity index (χ2n) is 5.23. The number of carbonyl (C=O) groups is 1. The topological polar surface area (TPSA) is 62.6 Å². The van der Waals surface area contributed by atoms with E-state index in [0.29, 0.717) is 26.4 Å². The fourth-order valence-electron chi connectivity index (χ4n) is 2.43. The van der Waals surface area contributed by atoms with Crippen molar-refractivity contribution in [3.8, 4) is 11.8 Å². The Bertz CT molecular complexity index is 531. The van der Waals surface area contributed by atoms with Crippen molar-refractivity contribution in [1.82, 2.24) is 4.90 Å². The highest BCUT2D eigenvalue weighted by Crippen LogP contribution is 2.16. The van der Waals surface area contributed by atoms with Crippen LogP contribution in [0.1, 0.15) is 17.5 Å². The molecule has 112 valence electrons. The number of hydrogen-bond donors (Lipinski definition) is 0. The SMILES string of the molecule is Cc1cc(C)cc(OCCC(=O)N2CCOCC2C#N)c1. The summed E-state index contributed by atoms with van der Waals surface area (Å²) in [5.74, 6) is 0.716. The number of benzene rings is 1. The van der Waals surface area contributed by atoms with Crippen molar-refractivity contribution in [2.75, 3.05) is 26.4 Å². The minimum atomic E-state index is -0.479. The maximum absolute atomic E-state index is 12.1. The van der Waals surface area contributed by atoms with Gasteiger partial charge in [0.15, 0.2) is 0 Å². The third-order valence-electron chi connectivity index (χ3n) is 3.38. The number of carbonyl (C=O) groups excluding carboxylic acids is 1. The van der Waals surface area contributed by atoms with Crippen LogP contribution in [0.2, 0.25) is 0 Å². The van der Waals surface area contributed by atoms with Gasteiger partial charge < -0.3 is 14.4 Å². The van der Waals surface area contributed by atoms with Crippen LogP contribution in [0.15, 0.2) is 18.2 Å². The number of morpholine rings is 1. The maximum Gasteiger partial charge on any atom is 0.227 e. The average molecular weight is 288 g/mol. The molecule has 2 rings (SSSR count). The summed E-state index contributed by atoms with van der Waals surface area (Å²) in [6, 6.07) is 7.59. The molecule has 5 heteroatoms. The number of nitriles is 1. The van der Waals surface area contributed by atoms with Gasteiger partial charge in [-0.2, -0.15) is 5.26 Å². The highest BCUT2D eigenvalue weighted by molar-refractivity contribution is 5.77. The molecule has 1 heterocycles. The summed E-state index contributed by atoms with van der Waals surface area (Å²) < 4.78 is 10.8. The molecule has 0 bridgehead atoms. The average Bonchev–Trinajstić information content (AvgIpc) is 2.46. The Balaban J connectivity index is 1.85. The van der Waals surface area contributed by atoms with Crippen molar-refractivity contribution in [3.05, 3.63) is 29.3 Å². The summed E-state index contributed by atoms with van der Waals surface area (Å²) in [5.41, 5.74) is 2.27. The van der Waals surface area contributed by atoms with Gasteiger partial charge in [-0.15, -0.1) is 0 Å². The van der Waals surface area contributed by atoms with E-state index < -0.39 is 6.04 Å². The van der Waals surface area contributed by atoms with Crippen LogP contribution in [0.5, 0.6) is 5.75 Å². The number of aryl methyl sites for hydroxylation is 2. The molecule has 0 spiro atoms. The number of rotatable bonds is 4. The molecule has 1 amide bonds. The summed E-state index contributed by atoms with van der Waals surface area (Å²) in [6.45, 7) is 5.59. The first-order chi connectivity index (χ1) is 10.1. The maximum atomic E-state index is 12.1. The molecule has 5 nitrogen and oxygen atoms in total. The summed E-state index contributed by atoms with van der Waals surface area (Å²) in [7, 11) is 0. The number of hydrogen-bond acceptors (Lipinski definition) is 4. The molecule has 0 radical (unpaired) electrons. The van der Waals surface area contributed by atoms with Gasteiger partial charge >= 0.3 is 0 Å². The van der Waals surface area contributed by atoms with Gasteiger partial charge in [0.1, 0.15) is 11.8 Å². The van der Waals surface area contributed by atoms with Crippen molar-refractivity contribution in [2.45, 2.75) is 26.3 Å². The molecule has 0 aliphatic carbocycles. The van der Waals surface area contributed by atoms with E-state index in [9.17, 15) is 4.79 Å². The molecule has 1 aliphatic heterocycles. The predicted molar refractivity (Wildman–Crippen MR) is 78.0 cm³/mol. The van der Waals surface area contributed by atoms with Gasteiger partial charge in [0.05, 0.1) is 32.3 Å². The highest BCUT2D eigenvalue weighted by Gasteiger charge is 2.26. The van der Waals surface area contributed by atoms with Crippen molar-refractivity contribution in [2.24, 2.45) is 0 Å². The zero-order chi connectivity index (χ0) is 15.2. The summed E-state index contributed by atoms with van der Waals surface area (Å²) >= 11 is 0. The van der Waals surface area contributed by atoms with Crippen LogP contribution in [-0.2, 0) is 9.53 Å². The zero-order valence-corrected chi connectivity index (χ0v) is 12.5. The lowest BCUT2D eigenvalue weighted by atomic mass is 10.1. The fourth-order valence-corrected chi connectivity index (χ4v) is 2.43. The first-order valence-corrected chi connectivity index (χ1v) is 7.08. The molecule has 1 fully saturated rings. The van der Waals surface area contributed by atoms with E-state index in [0.717, 1.165) is 16.9 Å². The monoisotopic (exact) mass is 288 g/mol. The van der Waals surface area contributed by atoms with Crippen LogP contribution in [-0.4, -0.2) is 43.2 Å². The second kappa shape index (κ2) is 7.09. The van der Waals surface area contributed by atoms with Crippen LogP contribution in [0.3, 0.4) is 0 Å². The van der Waals surface area contributed by atoms with Crippen molar-refractivity contribution >= 4 is 5.91 Å². The summed E-state index contributed by atoms with van der Waals surface area (Å²) in [6.07, 6.45) is 0.269. The van der Waals surface area contributed by atoms with Gasteiger partial charge in [-0.1, -0.05) is 6.07 Å². The molecule has 0 saturated carbocycles. The number of ether oxygens (including phenoxy) is 2. The highest BCUT2D eigenvalue weighted by atomic mass is 16.5. The van der Waals surface area contributed by atoms with E-state index in [1.807, 2.05) is 26.0 Å². The van der Waals surface area contributed by atoms with Crippen LogP contribution >= 0.6 is 0 Å². The van der Waals surface area contributed by atoms with Crippen LogP contribution < -0.4 is 4.74 Å². The van der Waals surface area contributed by atoms with Gasteiger partial charge in [0.2, 0.25) is 5.91 Å². The normalized spacial score (nSPS) is 18.1. The fraction of sp³-hybridized carbons (Fsp3) is 0.500. The van der Waals surface area contributed by atoms with E-state index in [1.165, 1.54) is 0 Å². The van der Waals surface area contributed by atoms with Crippen LogP contribution in [0.25, 0.3) is 0 Å². The molecule has 0 N–H and O–H groups in total. The Morgan fingerprint density at radius 2 is 2.14 bits per heavy atom. The third kappa shape index (κ3) is 4.20. The Labute approximate surface area is 125 Å². The van der Waals surface area contributed by atoms with E-state index in [4.69, 9.17) is 14.7 Å². The van der Waals surface area contributed by atoms with Crippen molar-refractivity contribution in [1.29, 1.82) is 5.26 Å². The van der Waals surface area contributed by atoms with Gasteiger partial charge in [-0.05, 0) is 37.1 Å². The van der Waals surface area contributed by atoms with Gasteiger partial charge in [-0.3, -0.25) is 4.79 Å². The molecule has 21 heavy (non-hydrogen) atoms. The Morgan fingerprint density at radius 3 is 2.81 bits per heavy atom. The minimum Gasteiger partial charge on any atom is -0.493 e. The molecule has 1 atom stereocenters. The lowest BCUT2D eigenvalue weighted by molar-refractivity contribution is -0.138. The van der Waals surface area contributed by atoms with E-state index >= 15 is 0 Å². The van der Waals surface area contributed by atoms with E-state index in [-0.39, 0.29) is 12.3 Å². The summed E-state index contributed by atoms with van der Waals surface area (Å²) in [4.78, 5) is 13.7. The van der Waals surface area contributed by atoms with Crippen LogP contribution in [0.4, 0.5) is 0 Å². The lowest BCUT2D eigenvalue weighted by Gasteiger charge is -2.31. The molecular formula is C16H20N2O3. The Hall–Kier alpha value is -2.06. The van der Waals surface area contributed by atoms with Gasteiger partial charge in [0, 0.05) is 6.54 Å². The van der Waals surface area contributed by atoms with Crippen LogP contribution in [0, 0.1) is 25.2 Å². The molecule has 1 unspecified atom stereocenters. The molecule has 1 aromatic carbocycles. The van der Waals surface area contributed by atoms with Gasteiger partial charge in [0.25, 0.3) is 0 Å². The van der Waals surface area contributed by atoms with Gasteiger partial charge in [-0.25, -0.2) is 0 Å². The lowest BCUT2D eigenvalue weighted by Crippen LogP contribution is -2.48. The largest absolute Gasteiger partial charge is 0.493 e. The molecule has 1 aromatic rings. The first-order valence-electron chi connectivity index (χ1n) is 7.08. The molecule has 1 aliphatic rings. The molecule has 1 saturated heterocycles. The standard InChI is InChI=1S/C16H20N2O3/c1-12-7-13(2)9-15(8-12)21-5-3-16(19)18-4-6-20-11-14(18)10-17/h7-9,14H,3-6,11H2,1-2H3. The molecular weight excluding hydrogens is 268 g/mol.